The van der Waals surface area contributed by atoms with Gasteiger partial charge in [-0.25, -0.2) is 0 Å². The number of hydrogen-bond acceptors (Lipinski definition) is 3. The zero-order valence-corrected chi connectivity index (χ0v) is 16.5. The lowest BCUT2D eigenvalue weighted by molar-refractivity contribution is -0.168. The number of esters is 1. The average Bonchev–Trinajstić information content (AvgIpc) is 2.23. The van der Waals surface area contributed by atoms with E-state index in [0.717, 1.165) is 6.42 Å². The first-order valence-electron chi connectivity index (χ1n) is 8.48. The Kier molecular flexibility index (Phi) is 7.61. The summed E-state index contributed by atoms with van der Waals surface area (Å²) in [6.07, 6.45) is 1.65. The molecule has 0 aromatic heterocycles. The van der Waals surface area contributed by atoms with Gasteiger partial charge in [-0.05, 0) is 51.4 Å². The molecule has 1 unspecified atom stereocenters. The van der Waals surface area contributed by atoms with E-state index in [9.17, 15) is 4.79 Å². The van der Waals surface area contributed by atoms with Gasteiger partial charge in [-0.2, -0.15) is 0 Å². The SMILES string of the molecule is CC(C)OCCC(C)(C)C(=O)OC(CC(C)(C)C)C(C)(C)C. The monoisotopic (exact) mass is 314 g/mol. The predicted molar refractivity (Wildman–Crippen MR) is 92.9 cm³/mol. The summed E-state index contributed by atoms with van der Waals surface area (Å²) in [4.78, 5) is 12.6. The Morgan fingerprint density at radius 2 is 1.45 bits per heavy atom. The van der Waals surface area contributed by atoms with Crippen molar-refractivity contribution in [3.05, 3.63) is 0 Å². The number of hydrogen-bond donors (Lipinski definition) is 0. The summed E-state index contributed by atoms with van der Waals surface area (Å²) in [6, 6.07) is 0. The summed E-state index contributed by atoms with van der Waals surface area (Å²) in [5.41, 5.74) is -0.452. The van der Waals surface area contributed by atoms with Gasteiger partial charge in [-0.3, -0.25) is 4.79 Å². The molecule has 0 aromatic carbocycles. The maximum absolute atomic E-state index is 12.6. The summed E-state index contributed by atoms with van der Waals surface area (Å²) in [5.74, 6) is -0.121. The number of ether oxygens (including phenoxy) is 2. The van der Waals surface area contributed by atoms with Gasteiger partial charge in [-0.15, -0.1) is 0 Å². The largest absolute Gasteiger partial charge is 0.461 e. The molecule has 0 heterocycles. The lowest BCUT2D eigenvalue weighted by Gasteiger charge is -2.37. The van der Waals surface area contributed by atoms with Gasteiger partial charge >= 0.3 is 5.97 Å². The van der Waals surface area contributed by atoms with E-state index in [1.807, 2.05) is 27.7 Å². The Morgan fingerprint density at radius 1 is 0.955 bits per heavy atom. The van der Waals surface area contributed by atoms with Crippen LogP contribution in [0.5, 0.6) is 0 Å². The van der Waals surface area contributed by atoms with Crippen LogP contribution in [0.4, 0.5) is 0 Å². The minimum absolute atomic E-state index is 0.0621. The highest BCUT2D eigenvalue weighted by Gasteiger charge is 2.37. The molecule has 0 bridgehead atoms. The van der Waals surface area contributed by atoms with Gasteiger partial charge in [0.25, 0.3) is 0 Å². The molecule has 22 heavy (non-hydrogen) atoms. The van der Waals surface area contributed by atoms with E-state index in [1.165, 1.54) is 0 Å². The molecule has 3 nitrogen and oxygen atoms in total. The molecule has 0 aliphatic carbocycles. The van der Waals surface area contributed by atoms with Crippen molar-refractivity contribution in [3.63, 3.8) is 0 Å². The van der Waals surface area contributed by atoms with Crippen LogP contribution in [0, 0.1) is 16.2 Å². The minimum Gasteiger partial charge on any atom is -0.461 e. The fraction of sp³-hybridized carbons (Fsp3) is 0.947. The summed E-state index contributed by atoms with van der Waals surface area (Å²) in [5, 5.41) is 0. The van der Waals surface area contributed by atoms with Crippen molar-refractivity contribution in [1.29, 1.82) is 0 Å². The molecule has 0 N–H and O–H groups in total. The van der Waals surface area contributed by atoms with Gasteiger partial charge < -0.3 is 9.47 Å². The van der Waals surface area contributed by atoms with Crippen LogP contribution in [-0.2, 0) is 14.3 Å². The Labute approximate surface area is 138 Å². The molecule has 0 aliphatic heterocycles. The molecular formula is C19H38O3. The number of carbonyl (C=O) groups is 1. The fourth-order valence-corrected chi connectivity index (χ4v) is 2.02. The summed E-state index contributed by atoms with van der Waals surface area (Å²) in [6.45, 7) is 21.4. The van der Waals surface area contributed by atoms with Gasteiger partial charge in [0, 0.05) is 6.61 Å². The van der Waals surface area contributed by atoms with Crippen LogP contribution in [0.15, 0.2) is 0 Å². The molecule has 0 saturated heterocycles. The third-order valence-electron chi connectivity index (χ3n) is 3.74. The van der Waals surface area contributed by atoms with E-state index in [1.54, 1.807) is 0 Å². The fourth-order valence-electron chi connectivity index (χ4n) is 2.02. The first-order chi connectivity index (χ1) is 9.65. The molecule has 0 amide bonds. The van der Waals surface area contributed by atoms with Crippen molar-refractivity contribution in [2.45, 2.75) is 94.3 Å². The Bertz CT molecular complexity index is 343. The Hall–Kier alpha value is -0.570. The number of carbonyl (C=O) groups excluding carboxylic acids is 1. The van der Waals surface area contributed by atoms with Crippen LogP contribution < -0.4 is 0 Å². The molecule has 0 saturated carbocycles. The molecule has 3 heteroatoms. The van der Waals surface area contributed by atoms with Gasteiger partial charge in [-0.1, -0.05) is 41.5 Å². The lowest BCUT2D eigenvalue weighted by Crippen LogP contribution is -2.39. The van der Waals surface area contributed by atoms with E-state index in [0.29, 0.717) is 13.0 Å². The van der Waals surface area contributed by atoms with Gasteiger partial charge in [0.15, 0.2) is 0 Å². The molecule has 0 aliphatic rings. The second kappa shape index (κ2) is 7.81. The zero-order valence-electron chi connectivity index (χ0n) is 16.5. The van der Waals surface area contributed by atoms with Crippen LogP contribution in [0.25, 0.3) is 0 Å². The molecule has 0 radical (unpaired) electrons. The third kappa shape index (κ3) is 8.77. The molecular weight excluding hydrogens is 276 g/mol. The molecule has 0 spiro atoms. The van der Waals surface area contributed by atoms with Crippen LogP contribution in [-0.4, -0.2) is 24.8 Å². The van der Waals surface area contributed by atoms with Crippen molar-refractivity contribution < 1.29 is 14.3 Å². The van der Waals surface area contributed by atoms with Crippen molar-refractivity contribution in [3.8, 4) is 0 Å². The van der Waals surface area contributed by atoms with E-state index >= 15 is 0 Å². The molecule has 1 atom stereocenters. The smallest absolute Gasteiger partial charge is 0.311 e. The summed E-state index contributed by atoms with van der Waals surface area (Å²) >= 11 is 0. The first kappa shape index (κ1) is 21.4. The maximum atomic E-state index is 12.6. The van der Waals surface area contributed by atoms with Crippen LogP contribution in [0.2, 0.25) is 0 Å². The molecule has 132 valence electrons. The van der Waals surface area contributed by atoms with Crippen molar-refractivity contribution in [2.24, 2.45) is 16.2 Å². The van der Waals surface area contributed by atoms with E-state index in [2.05, 4.69) is 41.5 Å². The summed E-state index contributed by atoms with van der Waals surface area (Å²) in [7, 11) is 0. The second-order valence-corrected chi connectivity index (χ2v) is 9.58. The zero-order chi connectivity index (χ0) is 17.8. The predicted octanol–water partition coefficient (Wildman–Crippen LogP) is 5.22. The molecule has 0 rings (SSSR count). The van der Waals surface area contributed by atoms with E-state index in [4.69, 9.17) is 9.47 Å². The van der Waals surface area contributed by atoms with E-state index in [-0.39, 0.29) is 29.0 Å². The van der Waals surface area contributed by atoms with Gasteiger partial charge in [0.2, 0.25) is 0 Å². The van der Waals surface area contributed by atoms with Crippen LogP contribution in [0.1, 0.15) is 82.1 Å². The topological polar surface area (TPSA) is 35.5 Å². The Balaban J connectivity index is 4.80. The first-order valence-corrected chi connectivity index (χ1v) is 8.48. The van der Waals surface area contributed by atoms with E-state index < -0.39 is 5.41 Å². The van der Waals surface area contributed by atoms with Gasteiger partial charge in [0.1, 0.15) is 6.10 Å². The second-order valence-electron chi connectivity index (χ2n) is 9.58. The Morgan fingerprint density at radius 3 is 1.82 bits per heavy atom. The number of rotatable bonds is 7. The van der Waals surface area contributed by atoms with Crippen molar-refractivity contribution >= 4 is 5.97 Å². The lowest BCUT2D eigenvalue weighted by atomic mass is 9.78. The van der Waals surface area contributed by atoms with Crippen LogP contribution >= 0.6 is 0 Å². The van der Waals surface area contributed by atoms with Crippen molar-refractivity contribution in [1.82, 2.24) is 0 Å². The highest BCUT2D eigenvalue weighted by molar-refractivity contribution is 5.76. The molecule has 0 fully saturated rings. The van der Waals surface area contributed by atoms with Gasteiger partial charge in [0.05, 0.1) is 11.5 Å². The average molecular weight is 315 g/mol. The highest BCUT2D eigenvalue weighted by atomic mass is 16.5. The molecule has 0 aromatic rings. The third-order valence-corrected chi connectivity index (χ3v) is 3.74. The quantitative estimate of drug-likeness (QED) is 0.604. The maximum Gasteiger partial charge on any atom is 0.311 e. The highest BCUT2D eigenvalue weighted by Crippen LogP contribution is 2.35. The van der Waals surface area contributed by atoms with Crippen LogP contribution in [0.3, 0.4) is 0 Å². The minimum atomic E-state index is -0.518. The van der Waals surface area contributed by atoms with Crippen molar-refractivity contribution in [2.75, 3.05) is 6.61 Å². The summed E-state index contributed by atoms with van der Waals surface area (Å²) < 4.78 is 11.5. The normalized spacial score (nSPS) is 15.0. The standard InChI is InChI=1S/C19H38O3/c1-14(2)21-12-11-19(9,10)16(20)22-15(18(6,7)8)13-17(3,4)5/h14-15H,11-13H2,1-10H3.